The number of nitrogens with zero attached hydrogens (tertiary/aromatic N) is 1. The zero-order valence-corrected chi connectivity index (χ0v) is 36.7. The molecule has 11 atom stereocenters. The first kappa shape index (κ1) is 42.1. The van der Waals surface area contributed by atoms with E-state index in [9.17, 15) is 14.3 Å². The summed E-state index contributed by atoms with van der Waals surface area (Å²) < 4.78 is 20.5. The Morgan fingerprint density at radius 3 is 2.32 bits per heavy atom. The van der Waals surface area contributed by atoms with Crippen LogP contribution in [0, 0.1) is 68.0 Å². The number of likely N-dealkylation sites (N-methyl/N-ethyl adjacent to an activating group) is 1. The van der Waals surface area contributed by atoms with Crippen LogP contribution in [0.2, 0.25) is 0 Å². The predicted molar refractivity (Wildman–Crippen MR) is 226 cm³/mol. The molecule has 1 unspecified atom stereocenters. The molecule has 0 bridgehead atoms. The SMILES string of the molecule is CC(C)[C@@H]1CC[C@]2(C(O)CNCCN(C)C)CC[C@]3(C)[C@H](CC[C@@H]4[C@@]5(C)CC=C(C6=CC[C@](CF)(C(=O)OCc7ccccc7)CC6)C(C)(C)[C@@H]5CC[C@]43C)[C@@H]12. The van der Waals surface area contributed by atoms with Crippen molar-refractivity contribution in [3.05, 3.63) is 59.2 Å². The summed E-state index contributed by atoms with van der Waals surface area (Å²) in [6, 6.07) is 9.70. The van der Waals surface area contributed by atoms with Crippen molar-refractivity contribution in [2.45, 2.75) is 138 Å². The molecule has 4 fully saturated rings. The number of esters is 1. The van der Waals surface area contributed by atoms with E-state index < -0.39 is 18.1 Å². The third-order valence-corrected chi connectivity index (χ3v) is 18.6. The first-order chi connectivity index (χ1) is 26.5. The van der Waals surface area contributed by atoms with Gasteiger partial charge in [0.05, 0.1) is 11.5 Å². The van der Waals surface area contributed by atoms with Gasteiger partial charge in [0, 0.05) is 25.0 Å². The highest BCUT2D eigenvalue weighted by Gasteiger charge is 2.71. The molecule has 2 N–H and O–H groups in total. The third kappa shape index (κ3) is 6.70. The van der Waals surface area contributed by atoms with Crippen LogP contribution in [0.5, 0.6) is 0 Å². The van der Waals surface area contributed by atoms with E-state index in [0.717, 1.165) is 37.9 Å². The zero-order valence-electron chi connectivity index (χ0n) is 36.7. The number of hydrogen-bond donors (Lipinski definition) is 2. The summed E-state index contributed by atoms with van der Waals surface area (Å²) in [6.07, 6.45) is 17.2. The van der Waals surface area contributed by atoms with Gasteiger partial charge in [-0.05, 0) is 165 Å². The van der Waals surface area contributed by atoms with E-state index in [2.05, 4.69) is 84.9 Å². The molecular formula is C50H77FN2O3. The standard InChI is InChI=1S/C50H77FN2O3/c1-34(2)37-19-26-50(42(54)31-52-29-30-53(8)9)28-27-47(6)39(43(37)50)15-16-41-46(5)22-20-38(45(3,4)40(46)21-23-48(41,47)7)36-17-24-49(33-51,25-18-36)44(55)56-32-35-13-11-10-12-14-35/h10-14,17,20,34,37,39-43,52,54H,15-16,18-19,21-33H2,1-9H3/t37-,39+,40-,41+,42?,43+,46-,47+,48+,49-,50+/m0/s1. The molecule has 7 rings (SSSR count). The van der Waals surface area contributed by atoms with Gasteiger partial charge in [-0.3, -0.25) is 4.79 Å². The fourth-order valence-electron chi connectivity index (χ4n) is 15.3. The number of aliphatic hydroxyl groups excluding tert-OH is 1. The van der Waals surface area contributed by atoms with Crippen molar-refractivity contribution in [2.75, 3.05) is 40.4 Å². The van der Waals surface area contributed by atoms with Crippen LogP contribution in [0.1, 0.15) is 131 Å². The Labute approximate surface area is 340 Å². The van der Waals surface area contributed by atoms with Gasteiger partial charge >= 0.3 is 5.97 Å². The number of carbonyl (C=O) groups excluding carboxylic acids is 1. The Hall–Kier alpha value is -2.02. The lowest BCUT2D eigenvalue weighted by Gasteiger charge is -2.72. The first-order valence-electron chi connectivity index (χ1n) is 22.7. The number of carbonyl (C=O) groups is 1. The molecule has 0 radical (unpaired) electrons. The van der Waals surface area contributed by atoms with E-state index >= 15 is 0 Å². The van der Waals surface area contributed by atoms with Gasteiger partial charge in [-0.15, -0.1) is 0 Å². The number of rotatable bonds is 12. The van der Waals surface area contributed by atoms with Crippen LogP contribution in [0.3, 0.4) is 0 Å². The third-order valence-electron chi connectivity index (χ3n) is 18.6. The molecule has 0 aliphatic heterocycles. The monoisotopic (exact) mass is 773 g/mol. The van der Waals surface area contributed by atoms with E-state index in [0.29, 0.717) is 54.9 Å². The van der Waals surface area contributed by atoms with E-state index in [1.54, 1.807) is 0 Å². The van der Waals surface area contributed by atoms with Crippen molar-refractivity contribution >= 4 is 5.97 Å². The van der Waals surface area contributed by atoms with E-state index in [1.165, 1.54) is 56.1 Å². The molecule has 0 spiro atoms. The zero-order chi connectivity index (χ0) is 40.3. The summed E-state index contributed by atoms with van der Waals surface area (Å²) in [5.41, 5.74) is 3.40. The van der Waals surface area contributed by atoms with Gasteiger partial charge in [0.1, 0.15) is 13.3 Å². The first-order valence-corrected chi connectivity index (χ1v) is 22.7. The minimum atomic E-state index is -1.09. The molecule has 0 amide bonds. The average Bonchev–Trinajstić information content (AvgIpc) is 3.57. The lowest BCUT2D eigenvalue weighted by molar-refractivity contribution is -0.238. The van der Waals surface area contributed by atoms with Gasteiger partial charge in [0.25, 0.3) is 0 Å². The normalized spacial score (nSPS) is 40.8. The summed E-state index contributed by atoms with van der Waals surface area (Å²) in [4.78, 5) is 15.6. The van der Waals surface area contributed by atoms with Crippen LogP contribution < -0.4 is 5.32 Å². The smallest absolute Gasteiger partial charge is 0.315 e. The number of aliphatic hydroxyl groups is 1. The second kappa shape index (κ2) is 15.5. The number of allylic oxidation sites excluding steroid dienone is 4. The summed E-state index contributed by atoms with van der Waals surface area (Å²) in [5, 5.41) is 15.8. The number of alkyl halides is 1. The summed E-state index contributed by atoms with van der Waals surface area (Å²) in [5.74, 6) is 3.42. The maximum Gasteiger partial charge on any atom is 0.315 e. The summed E-state index contributed by atoms with van der Waals surface area (Å²) in [6.45, 7) is 20.2. The Bertz CT molecular complexity index is 1640. The number of hydrogen-bond acceptors (Lipinski definition) is 5. The average molecular weight is 773 g/mol. The summed E-state index contributed by atoms with van der Waals surface area (Å²) >= 11 is 0. The number of halogens is 1. The van der Waals surface area contributed by atoms with E-state index in [1.807, 2.05) is 30.3 Å². The Morgan fingerprint density at radius 2 is 1.66 bits per heavy atom. The molecule has 1 aromatic carbocycles. The highest BCUT2D eigenvalue weighted by molar-refractivity contribution is 5.78. The number of ether oxygens (including phenoxy) is 1. The molecule has 0 heterocycles. The van der Waals surface area contributed by atoms with Crippen LogP contribution >= 0.6 is 0 Å². The molecule has 4 saturated carbocycles. The van der Waals surface area contributed by atoms with Crippen molar-refractivity contribution in [1.82, 2.24) is 10.2 Å². The van der Waals surface area contributed by atoms with Crippen LogP contribution in [0.4, 0.5) is 4.39 Å². The van der Waals surface area contributed by atoms with Crippen molar-refractivity contribution in [3.8, 4) is 0 Å². The fourth-order valence-corrected chi connectivity index (χ4v) is 15.3. The molecular weight excluding hydrogens is 696 g/mol. The minimum Gasteiger partial charge on any atom is -0.460 e. The molecule has 0 aromatic heterocycles. The molecule has 1 aromatic rings. The second-order valence-corrected chi connectivity index (χ2v) is 21.8. The van der Waals surface area contributed by atoms with Crippen molar-refractivity contribution < 1.29 is 19.0 Å². The van der Waals surface area contributed by atoms with Gasteiger partial charge < -0.3 is 20.1 Å². The van der Waals surface area contributed by atoms with E-state index in [4.69, 9.17) is 4.74 Å². The Kier molecular flexibility index (Phi) is 11.7. The van der Waals surface area contributed by atoms with Gasteiger partial charge in [0.2, 0.25) is 0 Å². The van der Waals surface area contributed by atoms with Gasteiger partial charge in [-0.1, -0.05) is 91.0 Å². The number of benzene rings is 1. The molecule has 56 heavy (non-hydrogen) atoms. The molecule has 6 aliphatic rings. The maximum atomic E-state index is 14.8. The highest BCUT2D eigenvalue weighted by atomic mass is 19.1. The minimum absolute atomic E-state index is 0.00104. The van der Waals surface area contributed by atoms with Crippen LogP contribution in [-0.2, 0) is 16.1 Å². The van der Waals surface area contributed by atoms with Crippen molar-refractivity contribution in [1.29, 1.82) is 0 Å². The Morgan fingerprint density at radius 1 is 0.911 bits per heavy atom. The van der Waals surface area contributed by atoms with E-state index in [-0.39, 0.29) is 39.8 Å². The lowest BCUT2D eigenvalue weighted by Crippen LogP contribution is -2.66. The molecule has 0 saturated heterocycles. The fraction of sp³-hybridized carbons (Fsp3) is 0.780. The van der Waals surface area contributed by atoms with Gasteiger partial charge in [0.15, 0.2) is 0 Å². The molecule has 5 nitrogen and oxygen atoms in total. The van der Waals surface area contributed by atoms with Crippen LogP contribution in [-0.4, -0.2) is 62.5 Å². The Balaban J connectivity index is 1.11. The van der Waals surface area contributed by atoms with Crippen molar-refractivity contribution in [3.63, 3.8) is 0 Å². The van der Waals surface area contributed by atoms with Gasteiger partial charge in [-0.25, -0.2) is 4.39 Å². The highest BCUT2D eigenvalue weighted by Crippen LogP contribution is 2.78. The largest absolute Gasteiger partial charge is 0.460 e. The number of fused-ring (bicyclic) bond motifs is 7. The van der Waals surface area contributed by atoms with Gasteiger partial charge in [-0.2, -0.15) is 0 Å². The molecule has 6 aliphatic carbocycles. The molecule has 6 heteroatoms. The topological polar surface area (TPSA) is 61.8 Å². The lowest BCUT2D eigenvalue weighted by atomic mass is 9.32. The predicted octanol–water partition coefficient (Wildman–Crippen LogP) is 10.6. The van der Waals surface area contributed by atoms with Crippen LogP contribution in [0.15, 0.2) is 53.6 Å². The second-order valence-electron chi connectivity index (χ2n) is 21.8. The van der Waals surface area contributed by atoms with Crippen molar-refractivity contribution in [2.24, 2.45) is 68.0 Å². The quantitative estimate of drug-likeness (QED) is 0.164. The number of nitrogens with one attached hydrogen (secondary N) is 1. The summed E-state index contributed by atoms with van der Waals surface area (Å²) in [7, 11) is 4.24. The molecule has 312 valence electrons. The van der Waals surface area contributed by atoms with Crippen LogP contribution in [0.25, 0.3) is 0 Å². The maximum absolute atomic E-state index is 14.8.